The van der Waals surface area contributed by atoms with E-state index in [2.05, 4.69) is 12.2 Å². The van der Waals surface area contributed by atoms with Gasteiger partial charge in [-0.3, -0.25) is 0 Å². The van der Waals surface area contributed by atoms with Crippen LogP contribution in [-0.4, -0.2) is 27.2 Å². The van der Waals surface area contributed by atoms with Crippen LogP contribution in [-0.2, 0) is 14.8 Å². The number of nitrogens with one attached hydrogen (secondary N) is 1. The zero-order valence-corrected chi connectivity index (χ0v) is 12.7. The maximum absolute atomic E-state index is 11.4. The van der Waals surface area contributed by atoms with Gasteiger partial charge in [0.15, 0.2) is 0 Å². The van der Waals surface area contributed by atoms with Crippen LogP contribution in [0, 0.1) is 0 Å². The molecule has 1 heterocycles. The number of nitrogens with two attached hydrogens (primary N) is 1. The highest BCUT2D eigenvalue weighted by atomic mass is 32.2. The summed E-state index contributed by atoms with van der Waals surface area (Å²) in [5.41, 5.74) is 0.782. The Bertz CT molecular complexity index is 566. The van der Waals surface area contributed by atoms with Crippen molar-refractivity contribution in [1.29, 1.82) is 0 Å². The Morgan fingerprint density at radius 3 is 2.85 bits per heavy atom. The molecule has 1 aromatic carbocycles. The summed E-state index contributed by atoms with van der Waals surface area (Å²) < 4.78 is 28.5. The highest BCUT2D eigenvalue weighted by molar-refractivity contribution is 7.89. The quantitative estimate of drug-likeness (QED) is 0.864. The smallest absolute Gasteiger partial charge is 0.238 e. The zero-order chi connectivity index (χ0) is 14.8. The van der Waals surface area contributed by atoms with Gasteiger partial charge in [-0.05, 0) is 44.4 Å². The van der Waals surface area contributed by atoms with Gasteiger partial charge in [-0.1, -0.05) is 12.1 Å². The van der Waals surface area contributed by atoms with E-state index in [-0.39, 0.29) is 16.5 Å². The molecule has 0 amide bonds. The molecule has 2 atom stereocenters. The predicted molar refractivity (Wildman–Crippen MR) is 77.8 cm³/mol. The van der Waals surface area contributed by atoms with Crippen molar-refractivity contribution in [2.24, 2.45) is 5.14 Å². The van der Waals surface area contributed by atoms with Crippen molar-refractivity contribution >= 4 is 10.0 Å². The molecule has 2 unspecified atom stereocenters. The molecule has 1 fully saturated rings. The zero-order valence-electron chi connectivity index (χ0n) is 11.9. The van der Waals surface area contributed by atoms with Gasteiger partial charge in [0, 0.05) is 19.2 Å². The third kappa shape index (κ3) is 3.79. The highest BCUT2D eigenvalue weighted by Crippen LogP contribution is 2.25. The van der Waals surface area contributed by atoms with E-state index >= 15 is 0 Å². The van der Waals surface area contributed by atoms with Crippen molar-refractivity contribution in [3.63, 3.8) is 0 Å². The lowest BCUT2D eigenvalue weighted by Crippen LogP contribution is -2.38. The van der Waals surface area contributed by atoms with Crippen LogP contribution in [0.1, 0.15) is 38.3 Å². The molecule has 1 aromatic rings. The molecule has 112 valence electrons. The van der Waals surface area contributed by atoms with Crippen LogP contribution in [0.3, 0.4) is 0 Å². The number of ether oxygens (including phenoxy) is 1. The molecule has 20 heavy (non-hydrogen) atoms. The van der Waals surface area contributed by atoms with E-state index in [1.807, 2.05) is 13.0 Å². The fourth-order valence-electron chi connectivity index (χ4n) is 2.42. The van der Waals surface area contributed by atoms with Crippen molar-refractivity contribution in [2.45, 2.75) is 43.2 Å². The highest BCUT2D eigenvalue weighted by Gasteiger charge is 2.29. The monoisotopic (exact) mass is 298 g/mol. The molecule has 6 heteroatoms. The van der Waals surface area contributed by atoms with Gasteiger partial charge >= 0.3 is 0 Å². The predicted octanol–water partition coefficient (Wildman–Crippen LogP) is 1.55. The van der Waals surface area contributed by atoms with Crippen LogP contribution < -0.4 is 10.5 Å². The summed E-state index contributed by atoms with van der Waals surface area (Å²) in [5.74, 6) is 0. The van der Waals surface area contributed by atoms with E-state index in [9.17, 15) is 8.42 Å². The van der Waals surface area contributed by atoms with Crippen LogP contribution in [0.15, 0.2) is 29.2 Å². The van der Waals surface area contributed by atoms with E-state index in [0.717, 1.165) is 31.6 Å². The largest absolute Gasteiger partial charge is 0.374 e. The Kier molecular flexibility index (Phi) is 4.49. The molecule has 0 aromatic heterocycles. The van der Waals surface area contributed by atoms with E-state index in [1.54, 1.807) is 12.1 Å². The van der Waals surface area contributed by atoms with Gasteiger partial charge in [-0.15, -0.1) is 0 Å². The maximum Gasteiger partial charge on any atom is 0.238 e. The number of benzene rings is 1. The molecule has 2 rings (SSSR count). The Morgan fingerprint density at radius 2 is 2.25 bits per heavy atom. The van der Waals surface area contributed by atoms with Crippen molar-refractivity contribution in [2.75, 3.05) is 13.2 Å². The minimum absolute atomic E-state index is 0.0396. The topological polar surface area (TPSA) is 81.4 Å². The first kappa shape index (κ1) is 15.4. The molecular weight excluding hydrogens is 276 g/mol. The van der Waals surface area contributed by atoms with E-state index in [4.69, 9.17) is 9.88 Å². The fourth-order valence-corrected chi connectivity index (χ4v) is 2.99. The third-order valence-corrected chi connectivity index (χ3v) is 4.68. The molecule has 0 spiro atoms. The average Bonchev–Trinajstić information content (AvgIpc) is 2.83. The normalized spacial score (nSPS) is 24.8. The first-order valence-corrected chi connectivity index (χ1v) is 8.35. The number of rotatable bonds is 5. The summed E-state index contributed by atoms with van der Waals surface area (Å²) in [7, 11) is -3.65. The average molecular weight is 298 g/mol. The van der Waals surface area contributed by atoms with E-state index < -0.39 is 10.0 Å². The Morgan fingerprint density at radius 1 is 1.50 bits per heavy atom. The minimum atomic E-state index is -3.65. The lowest BCUT2D eigenvalue weighted by atomic mass is 10.0. The number of hydrogen-bond acceptors (Lipinski definition) is 4. The van der Waals surface area contributed by atoms with Gasteiger partial charge in [0.1, 0.15) is 0 Å². The number of hydrogen-bond donors (Lipinski definition) is 2. The molecule has 0 saturated carbocycles. The van der Waals surface area contributed by atoms with Crippen molar-refractivity contribution in [1.82, 2.24) is 5.32 Å². The lowest BCUT2D eigenvalue weighted by molar-refractivity contribution is 0.0191. The van der Waals surface area contributed by atoms with Crippen LogP contribution in [0.25, 0.3) is 0 Å². The Balaban J connectivity index is 2.04. The first-order valence-electron chi connectivity index (χ1n) is 6.80. The molecule has 1 aliphatic heterocycles. The summed E-state index contributed by atoms with van der Waals surface area (Å²) in [4.78, 5) is 0.145. The van der Waals surface area contributed by atoms with Gasteiger partial charge in [0.2, 0.25) is 10.0 Å². The summed E-state index contributed by atoms with van der Waals surface area (Å²) >= 11 is 0. The molecule has 0 aliphatic carbocycles. The van der Waals surface area contributed by atoms with Gasteiger partial charge in [-0.25, -0.2) is 13.6 Å². The molecule has 1 aliphatic rings. The number of primary sulfonamides is 1. The fraction of sp³-hybridized carbons (Fsp3) is 0.571. The summed E-state index contributed by atoms with van der Waals surface area (Å²) in [6, 6.07) is 6.76. The Labute approximate surface area is 120 Å². The van der Waals surface area contributed by atoms with Gasteiger partial charge in [0.25, 0.3) is 0 Å². The van der Waals surface area contributed by atoms with Crippen molar-refractivity contribution in [3.8, 4) is 0 Å². The van der Waals surface area contributed by atoms with Crippen LogP contribution in [0.4, 0.5) is 0 Å². The van der Waals surface area contributed by atoms with Crippen LogP contribution in [0.5, 0.6) is 0 Å². The van der Waals surface area contributed by atoms with Crippen LogP contribution in [0.2, 0.25) is 0 Å². The first-order chi connectivity index (χ1) is 9.30. The molecular formula is C14H22N2O3S. The second-order valence-corrected chi connectivity index (χ2v) is 7.18. The summed E-state index contributed by atoms with van der Waals surface area (Å²) in [6.45, 7) is 5.66. The maximum atomic E-state index is 11.4. The van der Waals surface area contributed by atoms with Crippen molar-refractivity contribution in [3.05, 3.63) is 29.8 Å². The second-order valence-electron chi connectivity index (χ2n) is 5.62. The van der Waals surface area contributed by atoms with Gasteiger partial charge < -0.3 is 10.1 Å². The summed E-state index contributed by atoms with van der Waals surface area (Å²) in [6.07, 6.45) is 2.14. The van der Waals surface area contributed by atoms with E-state index in [0.29, 0.717) is 0 Å². The molecule has 3 N–H and O–H groups in total. The van der Waals surface area contributed by atoms with Crippen LogP contribution >= 0.6 is 0 Å². The van der Waals surface area contributed by atoms with Gasteiger partial charge in [0.05, 0.1) is 10.5 Å². The molecule has 1 saturated heterocycles. The molecule has 0 radical (unpaired) electrons. The van der Waals surface area contributed by atoms with E-state index in [1.165, 1.54) is 6.07 Å². The standard InChI is InChI=1S/C14H22N2O3S/c1-11(16-10-14(2)7-4-8-19-14)12-5-3-6-13(9-12)20(15,17)18/h3,5-6,9,11,16H,4,7-8,10H2,1-2H3,(H2,15,17,18). The summed E-state index contributed by atoms with van der Waals surface area (Å²) in [5, 5.41) is 8.55. The lowest BCUT2D eigenvalue weighted by Gasteiger charge is -2.26. The minimum Gasteiger partial charge on any atom is -0.374 e. The second kappa shape index (κ2) is 5.81. The van der Waals surface area contributed by atoms with Gasteiger partial charge in [-0.2, -0.15) is 0 Å². The Hall–Kier alpha value is -0.950. The third-order valence-electron chi connectivity index (χ3n) is 3.77. The van der Waals surface area contributed by atoms with Crippen molar-refractivity contribution < 1.29 is 13.2 Å². The molecule has 0 bridgehead atoms. The molecule has 5 nitrogen and oxygen atoms in total. The SMILES string of the molecule is CC(NCC1(C)CCCO1)c1cccc(S(N)(=O)=O)c1. The number of sulfonamides is 1.